The summed E-state index contributed by atoms with van der Waals surface area (Å²) in [6.07, 6.45) is 3.25. The summed E-state index contributed by atoms with van der Waals surface area (Å²) in [7, 11) is 1.61. The predicted molar refractivity (Wildman–Crippen MR) is 109 cm³/mol. The number of fused-ring (bicyclic) bond motifs is 2. The van der Waals surface area contributed by atoms with Crippen LogP contribution in [0, 0.1) is 0 Å². The first-order valence-electron chi connectivity index (χ1n) is 9.79. The van der Waals surface area contributed by atoms with Crippen molar-refractivity contribution in [3.63, 3.8) is 0 Å². The van der Waals surface area contributed by atoms with Crippen molar-refractivity contribution in [3.05, 3.63) is 53.6 Å². The third-order valence-corrected chi connectivity index (χ3v) is 5.58. The average Bonchev–Trinajstić information content (AvgIpc) is 2.74. The van der Waals surface area contributed by atoms with E-state index in [1.807, 2.05) is 11.0 Å². The zero-order valence-corrected chi connectivity index (χ0v) is 16.3. The van der Waals surface area contributed by atoms with Gasteiger partial charge in [0.25, 0.3) is 11.8 Å². The number of piperidine rings is 1. The highest BCUT2D eigenvalue weighted by Crippen LogP contribution is 2.35. The molecule has 1 atom stereocenters. The fourth-order valence-electron chi connectivity index (χ4n) is 4.14. The number of ether oxygens (including phenoxy) is 1. The standard InChI is InChI=1S/C22H25N3O3/c1-3-24-19-14-15(21(26)23-16-8-10-17(28-2)11-9-16)7-12-18(19)22(27)25-13-5-4-6-20(24)25/h7-12,14,20H,3-6,13H2,1-2H3,(H,23,26)/t20-/m0/s1. The fraction of sp³-hybridized carbons (Fsp3) is 0.364. The molecular formula is C22H25N3O3. The van der Waals surface area contributed by atoms with Gasteiger partial charge in [-0.15, -0.1) is 0 Å². The number of amides is 2. The summed E-state index contributed by atoms with van der Waals surface area (Å²) in [5, 5.41) is 2.91. The number of hydrogen-bond donors (Lipinski definition) is 1. The first-order valence-corrected chi connectivity index (χ1v) is 9.79. The van der Waals surface area contributed by atoms with E-state index in [4.69, 9.17) is 4.74 Å². The van der Waals surface area contributed by atoms with Crippen LogP contribution in [0.2, 0.25) is 0 Å². The van der Waals surface area contributed by atoms with E-state index in [0.29, 0.717) is 16.8 Å². The number of nitrogens with one attached hydrogen (secondary N) is 1. The summed E-state index contributed by atoms with van der Waals surface area (Å²) in [5.74, 6) is 0.620. The minimum absolute atomic E-state index is 0.0755. The molecule has 6 heteroatoms. The van der Waals surface area contributed by atoms with Crippen LogP contribution in [-0.2, 0) is 0 Å². The Kier molecular flexibility index (Phi) is 4.94. The third kappa shape index (κ3) is 3.19. The maximum Gasteiger partial charge on any atom is 0.257 e. The summed E-state index contributed by atoms with van der Waals surface area (Å²) in [6, 6.07) is 12.6. The largest absolute Gasteiger partial charge is 0.497 e. The number of benzene rings is 2. The smallest absolute Gasteiger partial charge is 0.257 e. The molecule has 2 aromatic carbocycles. The molecule has 2 aromatic rings. The monoisotopic (exact) mass is 379 g/mol. The minimum atomic E-state index is -0.192. The number of hydrogen-bond acceptors (Lipinski definition) is 4. The molecular weight excluding hydrogens is 354 g/mol. The van der Waals surface area contributed by atoms with Crippen LogP contribution in [0.5, 0.6) is 5.75 Å². The zero-order valence-electron chi connectivity index (χ0n) is 16.3. The van der Waals surface area contributed by atoms with Crippen molar-refractivity contribution in [3.8, 4) is 5.75 Å². The van der Waals surface area contributed by atoms with Crippen molar-refractivity contribution in [1.29, 1.82) is 0 Å². The Morgan fingerprint density at radius 3 is 2.68 bits per heavy atom. The summed E-state index contributed by atoms with van der Waals surface area (Å²) in [6.45, 7) is 3.70. The Hall–Kier alpha value is -3.02. The van der Waals surface area contributed by atoms with E-state index in [0.717, 1.165) is 43.8 Å². The molecule has 146 valence electrons. The number of nitrogens with zero attached hydrogens (tertiary/aromatic N) is 2. The van der Waals surface area contributed by atoms with Gasteiger partial charge >= 0.3 is 0 Å². The molecule has 1 fully saturated rings. The van der Waals surface area contributed by atoms with E-state index in [1.54, 1.807) is 43.5 Å². The van der Waals surface area contributed by atoms with Crippen molar-refractivity contribution >= 4 is 23.2 Å². The molecule has 28 heavy (non-hydrogen) atoms. The molecule has 2 aliphatic heterocycles. The molecule has 0 aliphatic carbocycles. The van der Waals surface area contributed by atoms with Crippen LogP contribution in [0.4, 0.5) is 11.4 Å². The van der Waals surface area contributed by atoms with Gasteiger partial charge in [0.2, 0.25) is 0 Å². The zero-order chi connectivity index (χ0) is 19.7. The Morgan fingerprint density at radius 2 is 1.96 bits per heavy atom. The molecule has 0 spiro atoms. The van der Waals surface area contributed by atoms with Gasteiger partial charge in [0.15, 0.2) is 0 Å². The maximum atomic E-state index is 12.9. The number of rotatable bonds is 4. The SMILES string of the molecule is CCN1c2cc(C(=O)Nc3ccc(OC)cc3)ccc2C(=O)N2CCCC[C@H]21. The van der Waals surface area contributed by atoms with Crippen molar-refractivity contribution in [2.75, 3.05) is 30.4 Å². The number of methoxy groups -OCH3 is 1. The van der Waals surface area contributed by atoms with Gasteiger partial charge in [-0.1, -0.05) is 0 Å². The molecule has 6 nitrogen and oxygen atoms in total. The van der Waals surface area contributed by atoms with Gasteiger partial charge < -0.3 is 19.9 Å². The molecule has 2 heterocycles. The fourth-order valence-corrected chi connectivity index (χ4v) is 4.14. The molecule has 0 saturated carbocycles. The lowest BCUT2D eigenvalue weighted by Gasteiger charge is -2.47. The molecule has 4 rings (SSSR count). The highest BCUT2D eigenvalue weighted by Gasteiger charge is 2.38. The topological polar surface area (TPSA) is 61.9 Å². The van der Waals surface area contributed by atoms with E-state index in [9.17, 15) is 9.59 Å². The van der Waals surface area contributed by atoms with Gasteiger partial charge in [0, 0.05) is 24.3 Å². The average molecular weight is 379 g/mol. The van der Waals surface area contributed by atoms with Crippen LogP contribution in [0.25, 0.3) is 0 Å². The Bertz CT molecular complexity index is 894. The number of anilines is 2. The van der Waals surface area contributed by atoms with Crippen LogP contribution in [0.3, 0.4) is 0 Å². The van der Waals surface area contributed by atoms with Crippen LogP contribution in [0.15, 0.2) is 42.5 Å². The predicted octanol–water partition coefficient (Wildman–Crippen LogP) is 3.74. The van der Waals surface area contributed by atoms with Gasteiger partial charge in [-0.3, -0.25) is 9.59 Å². The highest BCUT2D eigenvalue weighted by molar-refractivity contribution is 6.08. The highest BCUT2D eigenvalue weighted by atomic mass is 16.5. The van der Waals surface area contributed by atoms with E-state index in [-0.39, 0.29) is 18.0 Å². The van der Waals surface area contributed by atoms with Crippen molar-refractivity contribution in [2.24, 2.45) is 0 Å². The number of carbonyl (C=O) groups excluding carboxylic acids is 2. The van der Waals surface area contributed by atoms with Crippen LogP contribution < -0.4 is 15.0 Å². The second-order valence-corrected chi connectivity index (χ2v) is 7.18. The van der Waals surface area contributed by atoms with E-state index >= 15 is 0 Å². The van der Waals surface area contributed by atoms with Gasteiger partial charge in [0.1, 0.15) is 11.9 Å². The van der Waals surface area contributed by atoms with E-state index in [1.165, 1.54) is 0 Å². The summed E-state index contributed by atoms with van der Waals surface area (Å²) >= 11 is 0. The lowest BCUT2D eigenvalue weighted by Crippen LogP contribution is -2.57. The Morgan fingerprint density at radius 1 is 1.18 bits per heavy atom. The van der Waals surface area contributed by atoms with Crippen LogP contribution >= 0.6 is 0 Å². The number of carbonyl (C=O) groups is 2. The molecule has 1 saturated heterocycles. The van der Waals surface area contributed by atoms with Gasteiger partial charge in [-0.2, -0.15) is 0 Å². The van der Waals surface area contributed by atoms with Gasteiger partial charge in [-0.25, -0.2) is 0 Å². The lowest BCUT2D eigenvalue weighted by atomic mass is 9.97. The summed E-state index contributed by atoms with van der Waals surface area (Å²) < 4.78 is 5.14. The molecule has 0 bridgehead atoms. The summed E-state index contributed by atoms with van der Waals surface area (Å²) in [5.41, 5.74) is 2.79. The Labute approximate surface area is 165 Å². The van der Waals surface area contributed by atoms with E-state index in [2.05, 4.69) is 17.1 Å². The lowest BCUT2D eigenvalue weighted by molar-refractivity contribution is 0.0582. The minimum Gasteiger partial charge on any atom is -0.497 e. The van der Waals surface area contributed by atoms with Gasteiger partial charge in [0.05, 0.1) is 18.4 Å². The molecule has 2 amide bonds. The molecule has 1 N–H and O–H groups in total. The second-order valence-electron chi connectivity index (χ2n) is 7.18. The Balaban J connectivity index is 1.62. The van der Waals surface area contributed by atoms with Gasteiger partial charge in [-0.05, 0) is 68.7 Å². The maximum absolute atomic E-state index is 12.9. The quantitative estimate of drug-likeness (QED) is 0.879. The van der Waals surface area contributed by atoms with Crippen LogP contribution in [-0.4, -0.2) is 43.1 Å². The molecule has 2 aliphatic rings. The third-order valence-electron chi connectivity index (χ3n) is 5.58. The summed E-state index contributed by atoms with van der Waals surface area (Å²) in [4.78, 5) is 29.9. The molecule has 0 aromatic heterocycles. The van der Waals surface area contributed by atoms with E-state index < -0.39 is 0 Å². The van der Waals surface area contributed by atoms with Crippen molar-refractivity contribution in [2.45, 2.75) is 32.4 Å². The molecule has 0 radical (unpaired) electrons. The normalized spacial score (nSPS) is 18.4. The van der Waals surface area contributed by atoms with Crippen molar-refractivity contribution in [1.82, 2.24) is 4.90 Å². The molecule has 0 unspecified atom stereocenters. The first-order chi connectivity index (χ1) is 13.6. The van der Waals surface area contributed by atoms with Crippen molar-refractivity contribution < 1.29 is 14.3 Å². The second kappa shape index (κ2) is 7.54. The first kappa shape index (κ1) is 18.3. The van der Waals surface area contributed by atoms with Crippen LogP contribution in [0.1, 0.15) is 46.9 Å².